The molecule has 11 heteroatoms. The molecule has 0 aliphatic carbocycles. The number of nitrogens with one attached hydrogen (secondary N) is 3. The smallest absolute Gasteiger partial charge is 0.303 e. The third kappa shape index (κ3) is 43.3. The van der Waals surface area contributed by atoms with E-state index >= 15 is 0 Å². The van der Waals surface area contributed by atoms with Gasteiger partial charge in [-0.15, -0.1) is 0 Å². The second kappa shape index (κ2) is 36.7. The van der Waals surface area contributed by atoms with Gasteiger partial charge in [0.2, 0.25) is 18.2 Å². The second-order valence-corrected chi connectivity index (χ2v) is 10.2. The van der Waals surface area contributed by atoms with Gasteiger partial charge in [0.05, 0.1) is 6.54 Å². The Bertz CT molecular complexity index is 792. The molecule has 0 saturated heterocycles. The van der Waals surface area contributed by atoms with Crippen LogP contribution in [0.15, 0.2) is 30.3 Å². The maximum Gasteiger partial charge on any atom is 0.303 e. The zero-order valence-corrected chi connectivity index (χ0v) is 27.7. The summed E-state index contributed by atoms with van der Waals surface area (Å²) >= 11 is 0. The lowest BCUT2D eigenvalue weighted by molar-refractivity contribution is -0.137. The summed E-state index contributed by atoms with van der Waals surface area (Å²) in [5.74, 6) is 0.414. The first-order valence-electron chi connectivity index (χ1n) is 15.2. The van der Waals surface area contributed by atoms with Crippen molar-refractivity contribution in [3.63, 3.8) is 0 Å². The number of carbonyl (C=O) groups is 5. The zero-order chi connectivity index (χ0) is 33.9. The standard InChI is InChI=1S/C17H35N3O2.C8H10.C5H8O3.CH3NO.CH5N/c1-6-19-17(22)12-18-11-15(10-14(4)5)20-16(21)9-7-8-13(2)3;1-2-8-6-4-3-5-7-8;6-4-2-1-3-5(7)8;2-1-3;1-2/h13-15,18H,6-12H2,1-5H3,(H,19,22)(H,20,21);3-7H,2H2,1H3;4H,1-3H2,(H,7,8);1H,(H2,2,3);2H2,1H3. The Morgan fingerprint density at radius 1 is 0.907 bits per heavy atom. The summed E-state index contributed by atoms with van der Waals surface area (Å²) in [4.78, 5) is 51.3. The van der Waals surface area contributed by atoms with Crippen molar-refractivity contribution < 1.29 is 29.1 Å². The molecule has 0 radical (unpaired) electrons. The van der Waals surface area contributed by atoms with Crippen LogP contribution >= 0.6 is 0 Å². The number of unbranched alkanes of at least 4 members (excludes halogenated alkanes) is 1. The van der Waals surface area contributed by atoms with Crippen molar-refractivity contribution in [2.24, 2.45) is 23.3 Å². The maximum atomic E-state index is 12.0. The average Bonchev–Trinajstić information content (AvgIpc) is 2.95. The fourth-order valence-electron chi connectivity index (χ4n) is 3.40. The lowest BCUT2D eigenvalue weighted by Gasteiger charge is -2.21. The van der Waals surface area contributed by atoms with Crippen LogP contribution in [0, 0.1) is 11.8 Å². The quantitative estimate of drug-likeness (QED) is 0.114. The molecule has 3 amide bonds. The summed E-state index contributed by atoms with van der Waals surface area (Å²) in [5, 5.41) is 17.0. The number of aliphatic carboxylic acids is 1. The summed E-state index contributed by atoms with van der Waals surface area (Å²) in [5.41, 5.74) is 10.1. The predicted octanol–water partition coefficient (Wildman–Crippen LogP) is 3.43. The van der Waals surface area contributed by atoms with Crippen molar-refractivity contribution in [3.8, 4) is 0 Å². The van der Waals surface area contributed by atoms with Crippen molar-refractivity contribution in [3.05, 3.63) is 35.9 Å². The minimum Gasteiger partial charge on any atom is -0.481 e. The Kier molecular flexibility index (Phi) is 39.8. The number of rotatable bonds is 17. The molecule has 0 saturated carbocycles. The van der Waals surface area contributed by atoms with Gasteiger partial charge in [-0.2, -0.15) is 0 Å². The second-order valence-electron chi connectivity index (χ2n) is 10.2. The minimum atomic E-state index is -0.841. The molecule has 11 nitrogen and oxygen atoms in total. The van der Waals surface area contributed by atoms with Gasteiger partial charge in [0.15, 0.2) is 0 Å². The Morgan fingerprint density at radius 2 is 1.49 bits per heavy atom. The van der Waals surface area contributed by atoms with Crippen LogP contribution in [0.2, 0.25) is 0 Å². The maximum absolute atomic E-state index is 12.0. The molecule has 0 aliphatic heterocycles. The molecule has 0 spiro atoms. The number of benzene rings is 1. The third-order valence-electron chi connectivity index (χ3n) is 5.32. The first-order chi connectivity index (χ1) is 20.5. The highest BCUT2D eigenvalue weighted by atomic mass is 16.4. The summed E-state index contributed by atoms with van der Waals surface area (Å²) in [7, 11) is 1.50. The Hall–Kier alpha value is -3.31. The van der Waals surface area contributed by atoms with E-state index < -0.39 is 5.97 Å². The Balaban J connectivity index is -0.000000293. The van der Waals surface area contributed by atoms with Crippen LogP contribution in [0.25, 0.3) is 0 Å². The van der Waals surface area contributed by atoms with E-state index in [0.29, 0.717) is 50.7 Å². The van der Waals surface area contributed by atoms with Crippen LogP contribution < -0.4 is 27.4 Å². The average molecular weight is 612 g/mol. The van der Waals surface area contributed by atoms with Gasteiger partial charge < -0.3 is 37.3 Å². The molecule has 1 unspecified atom stereocenters. The fourth-order valence-corrected chi connectivity index (χ4v) is 3.40. The van der Waals surface area contributed by atoms with E-state index in [1.807, 2.05) is 13.0 Å². The monoisotopic (exact) mass is 611 g/mol. The summed E-state index contributed by atoms with van der Waals surface area (Å²) in [6.07, 6.45) is 6.54. The summed E-state index contributed by atoms with van der Waals surface area (Å²) in [6.45, 7) is 14.3. The molecule has 43 heavy (non-hydrogen) atoms. The normalized spacial score (nSPS) is 10.1. The first-order valence-corrected chi connectivity index (χ1v) is 15.2. The molecule has 0 bridgehead atoms. The number of hydrogen-bond acceptors (Lipinski definition) is 7. The van der Waals surface area contributed by atoms with Crippen molar-refractivity contribution in [2.75, 3.05) is 26.7 Å². The van der Waals surface area contributed by atoms with E-state index in [2.05, 4.69) is 86.3 Å². The van der Waals surface area contributed by atoms with E-state index in [-0.39, 0.29) is 30.7 Å². The van der Waals surface area contributed by atoms with Crippen molar-refractivity contribution >= 4 is 30.5 Å². The van der Waals surface area contributed by atoms with Gasteiger partial charge in [0, 0.05) is 38.4 Å². The first kappa shape index (κ1) is 46.6. The largest absolute Gasteiger partial charge is 0.481 e. The molecule has 0 heterocycles. The lowest BCUT2D eigenvalue weighted by atomic mass is 10.0. The molecule has 8 N–H and O–H groups in total. The molecule has 1 atom stereocenters. The SMILES string of the molecule is CCNC(=O)CNCC(CC(C)C)NC(=O)CCCC(C)C.CCc1ccccc1.CN.NC=O.O=CCCCC(=O)O. The predicted molar refractivity (Wildman–Crippen MR) is 175 cm³/mol. The van der Waals surface area contributed by atoms with Crippen molar-refractivity contribution in [1.82, 2.24) is 16.0 Å². The van der Waals surface area contributed by atoms with Crippen molar-refractivity contribution in [1.29, 1.82) is 0 Å². The highest BCUT2D eigenvalue weighted by Gasteiger charge is 2.14. The van der Waals surface area contributed by atoms with Crippen LogP contribution in [-0.4, -0.2) is 68.3 Å². The van der Waals surface area contributed by atoms with Crippen LogP contribution in [0.1, 0.15) is 92.1 Å². The number of carboxylic acid groups (broad SMARTS) is 1. The Labute approximate surface area is 260 Å². The number of nitrogens with two attached hydrogens (primary N) is 2. The fraction of sp³-hybridized carbons (Fsp3) is 0.656. The number of amides is 3. The molecule has 250 valence electrons. The number of carbonyl (C=O) groups excluding carboxylic acids is 4. The van der Waals surface area contributed by atoms with Crippen LogP contribution in [0.3, 0.4) is 0 Å². The molecule has 0 aromatic heterocycles. The number of aldehydes is 1. The molecule has 1 rings (SSSR count). The number of carboxylic acids is 1. The molecule has 1 aromatic rings. The lowest BCUT2D eigenvalue weighted by Crippen LogP contribution is -2.45. The third-order valence-corrected chi connectivity index (χ3v) is 5.32. The summed E-state index contributed by atoms with van der Waals surface area (Å²) < 4.78 is 0. The number of aryl methyl sites for hydroxylation is 1. The van der Waals surface area contributed by atoms with Gasteiger partial charge in [0.1, 0.15) is 6.29 Å². The van der Waals surface area contributed by atoms with Crippen molar-refractivity contribution in [2.45, 2.75) is 99.0 Å². The van der Waals surface area contributed by atoms with E-state index in [0.717, 1.165) is 32.0 Å². The topological polar surface area (TPSA) is 194 Å². The summed E-state index contributed by atoms with van der Waals surface area (Å²) in [6, 6.07) is 10.5. The molecule has 0 aliphatic rings. The number of likely N-dealkylation sites (N-methyl/N-ethyl adjacent to an activating group) is 1. The van der Waals surface area contributed by atoms with Gasteiger partial charge in [-0.25, -0.2) is 0 Å². The van der Waals surface area contributed by atoms with Gasteiger partial charge in [0.25, 0.3) is 0 Å². The van der Waals surface area contributed by atoms with E-state index in [1.165, 1.54) is 12.6 Å². The van der Waals surface area contributed by atoms with E-state index in [4.69, 9.17) is 9.90 Å². The van der Waals surface area contributed by atoms with E-state index in [9.17, 15) is 19.2 Å². The van der Waals surface area contributed by atoms with Crippen LogP contribution in [0.4, 0.5) is 0 Å². The highest BCUT2D eigenvalue weighted by molar-refractivity contribution is 5.78. The van der Waals surface area contributed by atoms with Gasteiger partial charge >= 0.3 is 5.97 Å². The van der Waals surface area contributed by atoms with Crippen LogP contribution in [0.5, 0.6) is 0 Å². The molecular formula is C32H61N5O6. The Morgan fingerprint density at radius 3 is 1.91 bits per heavy atom. The minimum absolute atomic E-state index is 0.00550. The number of hydrogen-bond donors (Lipinski definition) is 6. The van der Waals surface area contributed by atoms with Gasteiger partial charge in [-0.3, -0.25) is 19.2 Å². The highest BCUT2D eigenvalue weighted by Crippen LogP contribution is 2.08. The number of primary amides is 1. The zero-order valence-electron chi connectivity index (χ0n) is 27.7. The van der Waals surface area contributed by atoms with Gasteiger partial charge in [-0.05, 0) is 57.1 Å². The van der Waals surface area contributed by atoms with E-state index in [1.54, 1.807) is 0 Å². The van der Waals surface area contributed by atoms with Crippen LogP contribution in [-0.2, 0) is 30.4 Å². The molecule has 1 aromatic carbocycles. The molecular weight excluding hydrogens is 550 g/mol. The van der Waals surface area contributed by atoms with Gasteiger partial charge in [-0.1, -0.05) is 71.4 Å². The molecule has 0 fully saturated rings.